The van der Waals surface area contributed by atoms with Gasteiger partial charge in [0.15, 0.2) is 0 Å². The van der Waals surface area contributed by atoms with Crippen molar-refractivity contribution in [2.24, 2.45) is 0 Å². The molecule has 3 amide bonds. The van der Waals surface area contributed by atoms with Crippen LogP contribution in [0.1, 0.15) is 30.5 Å². The summed E-state index contributed by atoms with van der Waals surface area (Å²) in [4.78, 5) is 41.8. The number of ether oxygens (including phenoxy) is 1. The number of likely N-dealkylation sites (tertiary alicyclic amines) is 1. The van der Waals surface area contributed by atoms with E-state index in [4.69, 9.17) is 4.74 Å². The number of amides is 3. The lowest BCUT2D eigenvalue weighted by Gasteiger charge is -2.50. The summed E-state index contributed by atoms with van der Waals surface area (Å²) in [6, 6.07) is 8.27. The third-order valence-electron chi connectivity index (χ3n) is 5.63. The van der Waals surface area contributed by atoms with Crippen LogP contribution in [0.2, 0.25) is 0 Å². The molecule has 2 heterocycles. The minimum Gasteiger partial charge on any atom is -0.465 e. The van der Waals surface area contributed by atoms with Gasteiger partial charge >= 0.3 is 12.0 Å². The number of rotatable bonds is 6. The first-order chi connectivity index (χ1) is 13.9. The standard InChI is InChI=1S/C21H30N4O4/c1-4-29-20(27)12-22-21(28)24-13-16(14-24)25-10-9-15-7-5-6-8-17(15)18(25)11-19(26)23(2)3/h5-8,16,18H,4,9-14H2,1-3H3,(H,22,28). The predicted octanol–water partition coefficient (Wildman–Crippen LogP) is 1.02. The third kappa shape index (κ3) is 4.87. The van der Waals surface area contributed by atoms with Crippen molar-refractivity contribution in [1.82, 2.24) is 20.0 Å². The monoisotopic (exact) mass is 402 g/mol. The Kier molecular flexibility index (Phi) is 6.74. The highest BCUT2D eigenvalue weighted by Crippen LogP contribution is 2.36. The van der Waals surface area contributed by atoms with E-state index >= 15 is 0 Å². The van der Waals surface area contributed by atoms with Crippen LogP contribution in [0, 0.1) is 0 Å². The van der Waals surface area contributed by atoms with Gasteiger partial charge in [0.1, 0.15) is 6.54 Å². The molecule has 1 saturated heterocycles. The van der Waals surface area contributed by atoms with Gasteiger partial charge in [0.2, 0.25) is 5.91 Å². The van der Waals surface area contributed by atoms with Gasteiger partial charge in [0.05, 0.1) is 6.61 Å². The Morgan fingerprint density at radius 3 is 2.62 bits per heavy atom. The van der Waals surface area contributed by atoms with Gasteiger partial charge in [-0.25, -0.2) is 4.79 Å². The van der Waals surface area contributed by atoms with Gasteiger partial charge in [0.25, 0.3) is 0 Å². The van der Waals surface area contributed by atoms with Crippen LogP contribution >= 0.6 is 0 Å². The van der Waals surface area contributed by atoms with Crippen molar-refractivity contribution < 1.29 is 19.1 Å². The molecular weight excluding hydrogens is 372 g/mol. The molecule has 29 heavy (non-hydrogen) atoms. The van der Waals surface area contributed by atoms with Gasteiger partial charge in [0, 0.05) is 52.2 Å². The number of carbonyl (C=O) groups excluding carboxylic acids is 3. The number of hydrogen-bond donors (Lipinski definition) is 1. The van der Waals surface area contributed by atoms with Crippen LogP contribution in [-0.4, -0.2) is 85.5 Å². The Balaban J connectivity index is 1.62. The highest BCUT2D eigenvalue weighted by Gasteiger charge is 2.40. The number of esters is 1. The second kappa shape index (κ2) is 9.26. The van der Waals surface area contributed by atoms with Crippen LogP contribution in [0.3, 0.4) is 0 Å². The number of fused-ring (bicyclic) bond motifs is 1. The number of urea groups is 1. The highest BCUT2D eigenvalue weighted by atomic mass is 16.5. The second-order valence-electron chi connectivity index (χ2n) is 7.72. The van der Waals surface area contributed by atoms with E-state index in [9.17, 15) is 14.4 Å². The molecule has 8 heteroatoms. The quantitative estimate of drug-likeness (QED) is 0.719. The van der Waals surface area contributed by atoms with Gasteiger partial charge in [-0.1, -0.05) is 24.3 Å². The van der Waals surface area contributed by atoms with Crippen LogP contribution in [0.25, 0.3) is 0 Å². The lowest BCUT2D eigenvalue weighted by molar-refractivity contribution is -0.141. The lowest BCUT2D eigenvalue weighted by Crippen LogP contribution is -2.64. The van der Waals surface area contributed by atoms with Crippen LogP contribution in [0.5, 0.6) is 0 Å². The first-order valence-corrected chi connectivity index (χ1v) is 10.1. The minimum absolute atomic E-state index is 0.0181. The fraction of sp³-hybridized carbons (Fsp3) is 0.571. The summed E-state index contributed by atoms with van der Waals surface area (Å²) in [7, 11) is 3.56. The molecule has 2 aliphatic heterocycles. The molecule has 0 saturated carbocycles. The molecule has 1 aromatic rings. The zero-order chi connectivity index (χ0) is 21.0. The van der Waals surface area contributed by atoms with Gasteiger partial charge in [-0.3, -0.25) is 14.5 Å². The molecule has 0 spiro atoms. The molecule has 1 unspecified atom stereocenters. The average Bonchev–Trinajstić information content (AvgIpc) is 2.66. The molecular formula is C21H30N4O4. The fourth-order valence-electron chi connectivity index (χ4n) is 3.99. The third-order valence-corrected chi connectivity index (χ3v) is 5.63. The minimum atomic E-state index is -0.437. The molecule has 1 N–H and O–H groups in total. The molecule has 8 nitrogen and oxygen atoms in total. The molecule has 3 rings (SSSR count). The molecule has 1 atom stereocenters. The van der Waals surface area contributed by atoms with Crippen molar-refractivity contribution in [3.05, 3.63) is 35.4 Å². The van der Waals surface area contributed by atoms with Crippen molar-refractivity contribution in [1.29, 1.82) is 0 Å². The van der Waals surface area contributed by atoms with Gasteiger partial charge in [-0.2, -0.15) is 0 Å². The van der Waals surface area contributed by atoms with E-state index in [-0.39, 0.29) is 30.6 Å². The number of hydrogen-bond acceptors (Lipinski definition) is 5. The van der Waals surface area contributed by atoms with E-state index < -0.39 is 5.97 Å². The Labute approximate surface area is 171 Å². The van der Waals surface area contributed by atoms with Crippen LogP contribution in [0.4, 0.5) is 4.79 Å². The molecule has 1 fully saturated rings. The van der Waals surface area contributed by atoms with Crippen molar-refractivity contribution in [3.63, 3.8) is 0 Å². The summed E-state index contributed by atoms with van der Waals surface area (Å²) in [5.74, 6) is -0.340. The van der Waals surface area contributed by atoms with E-state index in [1.165, 1.54) is 11.1 Å². The normalized spacial score (nSPS) is 19.1. The maximum Gasteiger partial charge on any atom is 0.325 e. The highest BCUT2D eigenvalue weighted by molar-refractivity contribution is 5.81. The largest absolute Gasteiger partial charge is 0.465 e. The number of benzene rings is 1. The van der Waals surface area contributed by atoms with Crippen LogP contribution < -0.4 is 5.32 Å². The van der Waals surface area contributed by atoms with E-state index in [2.05, 4.69) is 22.3 Å². The van der Waals surface area contributed by atoms with Gasteiger partial charge in [-0.05, 0) is 24.5 Å². The van der Waals surface area contributed by atoms with Crippen molar-refractivity contribution in [2.75, 3.05) is 46.9 Å². The summed E-state index contributed by atoms with van der Waals surface area (Å²) in [5.41, 5.74) is 2.50. The predicted molar refractivity (Wildman–Crippen MR) is 108 cm³/mol. The first-order valence-electron chi connectivity index (χ1n) is 10.1. The first kappa shape index (κ1) is 21.1. The Bertz CT molecular complexity index is 761. The van der Waals surface area contributed by atoms with E-state index in [1.807, 2.05) is 12.1 Å². The number of nitrogens with zero attached hydrogens (tertiary/aromatic N) is 3. The molecule has 1 aromatic carbocycles. The number of nitrogens with one attached hydrogen (secondary N) is 1. The second-order valence-corrected chi connectivity index (χ2v) is 7.72. The van der Waals surface area contributed by atoms with E-state index in [0.29, 0.717) is 26.1 Å². The molecule has 158 valence electrons. The van der Waals surface area contributed by atoms with Crippen molar-refractivity contribution in [3.8, 4) is 0 Å². The molecule has 0 aliphatic carbocycles. The SMILES string of the molecule is CCOC(=O)CNC(=O)N1CC(N2CCc3ccccc3C2CC(=O)N(C)C)C1. The summed E-state index contributed by atoms with van der Waals surface area (Å²) in [5, 5.41) is 2.60. The average molecular weight is 402 g/mol. The summed E-state index contributed by atoms with van der Waals surface area (Å²) in [6.45, 7) is 3.95. The summed E-state index contributed by atoms with van der Waals surface area (Å²) >= 11 is 0. The summed E-state index contributed by atoms with van der Waals surface area (Å²) < 4.78 is 4.83. The van der Waals surface area contributed by atoms with Gasteiger partial charge in [-0.15, -0.1) is 0 Å². The Morgan fingerprint density at radius 2 is 1.93 bits per heavy atom. The van der Waals surface area contributed by atoms with Crippen molar-refractivity contribution in [2.45, 2.75) is 31.8 Å². The Hall–Kier alpha value is -2.61. The molecule has 0 aromatic heterocycles. The van der Waals surface area contributed by atoms with Crippen LogP contribution in [0.15, 0.2) is 24.3 Å². The Morgan fingerprint density at radius 1 is 1.21 bits per heavy atom. The smallest absolute Gasteiger partial charge is 0.325 e. The maximum atomic E-state index is 12.5. The van der Waals surface area contributed by atoms with E-state index in [0.717, 1.165) is 13.0 Å². The zero-order valence-electron chi connectivity index (χ0n) is 17.4. The van der Waals surface area contributed by atoms with Crippen LogP contribution in [-0.2, 0) is 20.7 Å². The summed E-state index contributed by atoms with van der Waals surface area (Å²) in [6.07, 6.45) is 1.37. The lowest BCUT2D eigenvalue weighted by atomic mass is 9.88. The molecule has 2 aliphatic rings. The van der Waals surface area contributed by atoms with Crippen molar-refractivity contribution >= 4 is 17.9 Å². The molecule has 0 bridgehead atoms. The van der Waals surface area contributed by atoms with E-state index in [1.54, 1.807) is 30.8 Å². The fourth-order valence-corrected chi connectivity index (χ4v) is 3.99. The topological polar surface area (TPSA) is 82.2 Å². The number of carbonyl (C=O) groups is 3. The maximum absolute atomic E-state index is 12.5. The molecule has 0 radical (unpaired) electrons. The zero-order valence-corrected chi connectivity index (χ0v) is 17.4. The van der Waals surface area contributed by atoms with Gasteiger partial charge < -0.3 is 19.9 Å².